The highest BCUT2D eigenvalue weighted by Gasteiger charge is 2.34. The third-order valence-electron chi connectivity index (χ3n) is 6.56. The molecular formula is C25H26ClF6N5O. The van der Waals surface area contributed by atoms with Crippen LogP contribution in [-0.4, -0.2) is 42.0 Å². The van der Waals surface area contributed by atoms with Gasteiger partial charge in [0.25, 0.3) is 0 Å². The Bertz CT molecular complexity index is 1440. The summed E-state index contributed by atoms with van der Waals surface area (Å²) in [6.07, 6.45) is -11.4. The van der Waals surface area contributed by atoms with E-state index in [0.29, 0.717) is 38.9 Å². The fourth-order valence-corrected chi connectivity index (χ4v) is 5.06. The second kappa shape index (κ2) is 9.71. The fourth-order valence-electron chi connectivity index (χ4n) is 4.76. The first-order valence-electron chi connectivity index (χ1n) is 11.8. The van der Waals surface area contributed by atoms with Crippen LogP contribution in [0.4, 0.5) is 26.3 Å². The number of fused-ring (bicyclic) bond motifs is 3. The van der Waals surface area contributed by atoms with Crippen LogP contribution in [0.15, 0.2) is 24.4 Å². The number of nitrogens with zero attached hydrogens (tertiary/aromatic N) is 5. The second-order valence-electron chi connectivity index (χ2n) is 9.98. The summed E-state index contributed by atoms with van der Waals surface area (Å²) < 4.78 is 82.6. The van der Waals surface area contributed by atoms with Gasteiger partial charge in [-0.15, -0.1) is 5.10 Å². The molecule has 0 fully saturated rings. The zero-order valence-electron chi connectivity index (χ0n) is 21.0. The summed E-state index contributed by atoms with van der Waals surface area (Å²) in [4.78, 5) is 4.45. The Labute approximate surface area is 219 Å². The molecular weight excluding hydrogens is 536 g/mol. The van der Waals surface area contributed by atoms with Crippen molar-refractivity contribution >= 4 is 33.5 Å². The Morgan fingerprint density at radius 2 is 1.58 bits per heavy atom. The molecule has 0 aliphatic heterocycles. The highest BCUT2D eigenvalue weighted by Crippen LogP contribution is 2.43. The van der Waals surface area contributed by atoms with Gasteiger partial charge in [-0.2, -0.15) is 26.3 Å². The van der Waals surface area contributed by atoms with Crippen LogP contribution in [-0.2, 0) is 12.6 Å². The topological polar surface area (TPSA) is 68.8 Å². The molecule has 0 unspecified atom stereocenters. The van der Waals surface area contributed by atoms with Crippen LogP contribution < -0.4 is 0 Å². The van der Waals surface area contributed by atoms with Gasteiger partial charge >= 0.3 is 12.4 Å². The molecule has 206 valence electrons. The predicted octanol–water partition coefficient (Wildman–Crippen LogP) is 7.40. The van der Waals surface area contributed by atoms with E-state index in [0.717, 1.165) is 0 Å². The van der Waals surface area contributed by atoms with Crippen LogP contribution in [0, 0.1) is 6.92 Å². The Balaban J connectivity index is 2.05. The van der Waals surface area contributed by atoms with Gasteiger partial charge in [0, 0.05) is 48.6 Å². The number of aryl methyl sites for hydroxylation is 2. The largest absolute Gasteiger partial charge is 0.389 e. The molecule has 13 heteroatoms. The molecule has 3 aromatic heterocycles. The second-order valence-corrected chi connectivity index (χ2v) is 10.4. The average molecular weight is 562 g/mol. The van der Waals surface area contributed by atoms with Crippen LogP contribution >= 0.6 is 11.6 Å². The van der Waals surface area contributed by atoms with E-state index >= 15 is 0 Å². The van der Waals surface area contributed by atoms with Gasteiger partial charge in [-0.1, -0.05) is 16.8 Å². The molecule has 1 N–H and O–H groups in total. The number of aromatic nitrogens is 5. The molecule has 0 aliphatic rings. The Kier molecular flexibility index (Phi) is 7.19. The van der Waals surface area contributed by atoms with Crippen molar-refractivity contribution in [1.29, 1.82) is 0 Å². The minimum atomic E-state index is -4.56. The van der Waals surface area contributed by atoms with E-state index in [4.69, 9.17) is 11.6 Å². The van der Waals surface area contributed by atoms with Crippen molar-refractivity contribution in [3.05, 3.63) is 40.7 Å². The summed E-state index contributed by atoms with van der Waals surface area (Å²) in [6, 6.07) is 3.66. The Morgan fingerprint density at radius 3 is 2.08 bits per heavy atom. The van der Waals surface area contributed by atoms with Gasteiger partial charge in [-0.25, -0.2) is 4.68 Å². The van der Waals surface area contributed by atoms with Gasteiger partial charge in [-0.3, -0.25) is 4.98 Å². The first-order chi connectivity index (χ1) is 17.5. The molecule has 38 heavy (non-hydrogen) atoms. The van der Waals surface area contributed by atoms with E-state index < -0.39 is 49.7 Å². The first kappa shape index (κ1) is 28.2. The van der Waals surface area contributed by atoms with Crippen molar-refractivity contribution in [3.63, 3.8) is 0 Å². The van der Waals surface area contributed by atoms with Gasteiger partial charge in [0.1, 0.15) is 0 Å². The number of halogens is 7. The van der Waals surface area contributed by atoms with Gasteiger partial charge in [-0.05, 0) is 51.8 Å². The maximum Gasteiger partial charge on any atom is 0.389 e. The number of rotatable bonds is 7. The van der Waals surface area contributed by atoms with E-state index in [1.54, 1.807) is 32.2 Å². The molecule has 0 bridgehead atoms. The maximum absolute atomic E-state index is 13.3. The number of hydrogen-bond acceptors (Lipinski definition) is 4. The number of aliphatic hydroxyl groups is 1. The lowest BCUT2D eigenvalue weighted by Crippen LogP contribution is -2.19. The quantitative estimate of drug-likeness (QED) is 0.239. The lowest BCUT2D eigenvalue weighted by Gasteiger charge is -2.24. The minimum absolute atomic E-state index is 0.218. The van der Waals surface area contributed by atoms with Gasteiger partial charge in [0.05, 0.1) is 38.6 Å². The van der Waals surface area contributed by atoms with Crippen LogP contribution in [0.3, 0.4) is 0 Å². The molecule has 0 spiro atoms. The van der Waals surface area contributed by atoms with E-state index in [9.17, 15) is 31.4 Å². The van der Waals surface area contributed by atoms with Crippen LogP contribution in [0.5, 0.6) is 0 Å². The first-order valence-corrected chi connectivity index (χ1v) is 12.2. The molecule has 6 nitrogen and oxygen atoms in total. The smallest absolute Gasteiger partial charge is 0.386 e. The lowest BCUT2D eigenvalue weighted by molar-refractivity contribution is -0.142. The molecule has 0 amide bonds. The summed E-state index contributed by atoms with van der Waals surface area (Å²) >= 11 is 6.70. The number of hydrogen-bond donors (Lipinski definition) is 1. The van der Waals surface area contributed by atoms with Gasteiger partial charge in [0.15, 0.2) is 0 Å². The normalized spacial score (nSPS) is 13.4. The molecule has 0 aliphatic carbocycles. The van der Waals surface area contributed by atoms with Gasteiger partial charge in [0.2, 0.25) is 0 Å². The molecule has 0 atom stereocenters. The van der Waals surface area contributed by atoms with E-state index in [2.05, 4.69) is 15.3 Å². The number of alkyl halides is 6. The summed E-state index contributed by atoms with van der Waals surface area (Å²) in [5.74, 6) is 0. The summed E-state index contributed by atoms with van der Waals surface area (Å²) in [7, 11) is 1.66. The molecule has 4 aromatic rings. The minimum Gasteiger partial charge on any atom is -0.386 e. The third-order valence-corrected chi connectivity index (χ3v) is 6.85. The molecule has 3 heterocycles. The summed E-state index contributed by atoms with van der Waals surface area (Å²) in [6.45, 7) is 4.75. The highest BCUT2D eigenvalue weighted by atomic mass is 35.5. The molecule has 0 saturated carbocycles. The summed E-state index contributed by atoms with van der Waals surface area (Å²) in [5, 5.41) is 19.2. The Hall–Kier alpha value is -2.86. The van der Waals surface area contributed by atoms with Crippen molar-refractivity contribution < 1.29 is 31.4 Å². The molecule has 4 rings (SSSR count). The van der Waals surface area contributed by atoms with Crippen LogP contribution in [0.2, 0.25) is 5.02 Å². The molecule has 0 radical (unpaired) electrons. The van der Waals surface area contributed by atoms with Crippen molar-refractivity contribution in [3.8, 4) is 11.3 Å². The monoisotopic (exact) mass is 561 g/mol. The Morgan fingerprint density at radius 1 is 0.974 bits per heavy atom. The zero-order valence-corrected chi connectivity index (χ0v) is 21.8. The number of benzene rings is 1. The highest BCUT2D eigenvalue weighted by molar-refractivity contribution is 6.38. The SMILES string of the molecule is Cc1nnn(C)c1-c1cc(Cl)c2c3ncc(C(C)(C)O)cc3n(C(CCC(F)(F)F)CCC(F)(F)F)c2c1. The van der Waals surface area contributed by atoms with E-state index in [-0.39, 0.29) is 10.5 Å². The predicted molar refractivity (Wildman–Crippen MR) is 132 cm³/mol. The van der Waals surface area contributed by atoms with Gasteiger partial charge < -0.3 is 9.67 Å². The van der Waals surface area contributed by atoms with Crippen LogP contribution in [0.25, 0.3) is 33.2 Å². The van der Waals surface area contributed by atoms with Crippen molar-refractivity contribution in [2.45, 2.75) is 70.4 Å². The third kappa shape index (κ3) is 5.75. The zero-order chi connectivity index (χ0) is 28.2. The van der Waals surface area contributed by atoms with Crippen molar-refractivity contribution in [2.75, 3.05) is 0 Å². The van der Waals surface area contributed by atoms with E-state index in [1.807, 2.05) is 0 Å². The maximum atomic E-state index is 13.3. The van der Waals surface area contributed by atoms with Crippen molar-refractivity contribution in [1.82, 2.24) is 24.5 Å². The standard InChI is InChI=1S/C25H26ClF6N5O/c1-13-22(36(4)35-34-13)14-9-17(26)20-18(10-14)37(19-11-15(23(2,3)38)12-33-21(19)20)16(5-7-24(27,28)29)6-8-25(30,31)32/h9-12,16,38H,5-8H2,1-4H3. The van der Waals surface area contributed by atoms with E-state index in [1.165, 1.54) is 29.3 Å². The molecule has 1 aromatic carbocycles. The fraction of sp³-hybridized carbons (Fsp3) is 0.480. The van der Waals surface area contributed by atoms with Crippen LogP contribution in [0.1, 0.15) is 56.8 Å². The molecule has 0 saturated heterocycles. The average Bonchev–Trinajstić information content (AvgIpc) is 3.28. The van der Waals surface area contributed by atoms with Crippen molar-refractivity contribution in [2.24, 2.45) is 7.05 Å². The summed E-state index contributed by atoms with van der Waals surface area (Å²) in [5.41, 5.74) is 1.63. The lowest BCUT2D eigenvalue weighted by atomic mass is 10.00. The number of pyridine rings is 1.